The van der Waals surface area contributed by atoms with Crippen molar-refractivity contribution in [3.63, 3.8) is 0 Å². The van der Waals surface area contributed by atoms with Crippen molar-refractivity contribution in [2.75, 3.05) is 6.54 Å². The van der Waals surface area contributed by atoms with Crippen LogP contribution < -0.4 is 5.73 Å². The van der Waals surface area contributed by atoms with Gasteiger partial charge in [-0.25, -0.2) is 0 Å². The highest BCUT2D eigenvalue weighted by Gasteiger charge is 2.34. The number of hydrogen-bond acceptors (Lipinski definition) is 2. The molecular formula is C16H24N2. The van der Waals surface area contributed by atoms with Crippen molar-refractivity contribution in [2.24, 2.45) is 5.73 Å². The predicted octanol–water partition coefficient (Wildman–Crippen LogP) is 2.88. The number of likely N-dealkylation sites (tertiary alicyclic amines) is 1. The normalized spacial score (nSPS) is 30.1. The third-order valence-corrected chi connectivity index (χ3v) is 4.70. The molecule has 18 heavy (non-hydrogen) atoms. The Morgan fingerprint density at radius 1 is 1.22 bits per heavy atom. The second-order valence-electron chi connectivity index (χ2n) is 5.91. The van der Waals surface area contributed by atoms with E-state index in [9.17, 15) is 0 Å². The van der Waals surface area contributed by atoms with Crippen molar-refractivity contribution in [1.82, 2.24) is 4.90 Å². The first-order valence-electron chi connectivity index (χ1n) is 7.36. The maximum Gasteiger partial charge on any atom is 0.0357 e. The Bertz CT molecular complexity index is 413. The predicted molar refractivity (Wildman–Crippen MR) is 75.5 cm³/mol. The number of rotatable bonds is 2. The van der Waals surface area contributed by atoms with Gasteiger partial charge in [-0.1, -0.05) is 30.7 Å². The molecule has 1 aromatic rings. The molecule has 0 saturated carbocycles. The molecule has 3 atom stereocenters. The van der Waals surface area contributed by atoms with E-state index in [1.807, 2.05) is 0 Å². The lowest BCUT2D eigenvalue weighted by Crippen LogP contribution is -2.50. The third-order valence-electron chi connectivity index (χ3n) is 4.70. The summed E-state index contributed by atoms with van der Waals surface area (Å²) < 4.78 is 0. The molecule has 1 fully saturated rings. The average Bonchev–Trinajstić information content (AvgIpc) is 2.82. The third kappa shape index (κ3) is 2.08. The average molecular weight is 244 g/mol. The molecular weight excluding hydrogens is 220 g/mol. The molecule has 98 valence electrons. The van der Waals surface area contributed by atoms with Crippen LogP contribution in [0.2, 0.25) is 0 Å². The molecule has 2 N–H and O–H groups in total. The van der Waals surface area contributed by atoms with Crippen LogP contribution in [0.25, 0.3) is 0 Å². The number of nitrogens with two attached hydrogens (primary N) is 1. The van der Waals surface area contributed by atoms with Crippen molar-refractivity contribution in [1.29, 1.82) is 0 Å². The number of benzene rings is 1. The monoisotopic (exact) mass is 244 g/mol. The fraction of sp³-hybridized carbons (Fsp3) is 0.625. The summed E-state index contributed by atoms with van der Waals surface area (Å²) in [5, 5.41) is 0. The zero-order valence-electron chi connectivity index (χ0n) is 11.3. The van der Waals surface area contributed by atoms with E-state index >= 15 is 0 Å². The van der Waals surface area contributed by atoms with Gasteiger partial charge in [0.15, 0.2) is 0 Å². The summed E-state index contributed by atoms with van der Waals surface area (Å²) in [6, 6.07) is 10.5. The van der Waals surface area contributed by atoms with Crippen LogP contribution in [-0.4, -0.2) is 23.5 Å². The van der Waals surface area contributed by atoms with Gasteiger partial charge < -0.3 is 5.73 Å². The summed E-state index contributed by atoms with van der Waals surface area (Å²) in [4.78, 5) is 2.69. The van der Waals surface area contributed by atoms with Crippen molar-refractivity contribution < 1.29 is 0 Å². The maximum atomic E-state index is 6.20. The largest absolute Gasteiger partial charge is 0.327 e. The number of hydrogen-bond donors (Lipinski definition) is 1. The first-order chi connectivity index (χ1) is 8.77. The van der Waals surface area contributed by atoms with Gasteiger partial charge in [0.1, 0.15) is 0 Å². The number of nitrogens with zero attached hydrogens (tertiary/aromatic N) is 1. The molecule has 0 amide bonds. The lowest BCUT2D eigenvalue weighted by molar-refractivity contribution is 0.0811. The zero-order valence-corrected chi connectivity index (χ0v) is 11.3. The Morgan fingerprint density at radius 2 is 2.06 bits per heavy atom. The Labute approximate surface area is 110 Å². The molecule has 3 rings (SSSR count). The lowest BCUT2D eigenvalue weighted by Gasteiger charge is -2.42. The van der Waals surface area contributed by atoms with Crippen molar-refractivity contribution in [3.05, 3.63) is 35.4 Å². The standard InChI is InChI=1S/C16H24N2/c1-12(17)15-8-4-5-11-18(15)16-10-9-13-6-2-3-7-14(13)16/h2-3,6-7,12,15-16H,4-5,8-11,17H2,1H3. The van der Waals surface area contributed by atoms with Crippen LogP contribution >= 0.6 is 0 Å². The van der Waals surface area contributed by atoms with E-state index in [0.29, 0.717) is 12.1 Å². The van der Waals surface area contributed by atoms with Gasteiger partial charge >= 0.3 is 0 Å². The second-order valence-corrected chi connectivity index (χ2v) is 5.91. The van der Waals surface area contributed by atoms with Crippen molar-refractivity contribution in [2.45, 2.75) is 57.2 Å². The smallest absolute Gasteiger partial charge is 0.0357 e. The highest BCUT2D eigenvalue weighted by molar-refractivity contribution is 5.34. The highest BCUT2D eigenvalue weighted by atomic mass is 15.2. The molecule has 2 heteroatoms. The SMILES string of the molecule is CC(N)C1CCCCN1C1CCc2ccccc21. The van der Waals surface area contributed by atoms with E-state index in [0.717, 1.165) is 0 Å². The van der Waals surface area contributed by atoms with E-state index < -0.39 is 0 Å². The van der Waals surface area contributed by atoms with Gasteiger partial charge in [-0.05, 0) is 50.3 Å². The maximum absolute atomic E-state index is 6.20. The van der Waals surface area contributed by atoms with E-state index in [-0.39, 0.29) is 6.04 Å². The van der Waals surface area contributed by atoms with Crippen LogP contribution in [0.4, 0.5) is 0 Å². The van der Waals surface area contributed by atoms with Gasteiger partial charge in [-0.2, -0.15) is 0 Å². The molecule has 1 saturated heterocycles. The van der Waals surface area contributed by atoms with E-state index in [1.54, 1.807) is 11.1 Å². The van der Waals surface area contributed by atoms with Crippen LogP contribution in [-0.2, 0) is 6.42 Å². The van der Waals surface area contributed by atoms with Crippen LogP contribution in [0, 0.1) is 0 Å². The van der Waals surface area contributed by atoms with Crippen LogP contribution in [0.3, 0.4) is 0 Å². The first kappa shape index (κ1) is 12.2. The van der Waals surface area contributed by atoms with Gasteiger partial charge in [0.2, 0.25) is 0 Å². The Balaban J connectivity index is 1.86. The Morgan fingerprint density at radius 3 is 2.89 bits per heavy atom. The topological polar surface area (TPSA) is 29.3 Å². The molecule has 0 aromatic heterocycles. The zero-order chi connectivity index (χ0) is 12.5. The molecule has 1 aliphatic carbocycles. The fourth-order valence-electron chi connectivity index (χ4n) is 3.81. The van der Waals surface area contributed by atoms with E-state index in [2.05, 4.69) is 36.1 Å². The fourth-order valence-corrected chi connectivity index (χ4v) is 3.81. The minimum Gasteiger partial charge on any atom is -0.327 e. The minimum absolute atomic E-state index is 0.290. The summed E-state index contributed by atoms with van der Waals surface area (Å²) in [6.45, 7) is 3.40. The van der Waals surface area contributed by atoms with E-state index in [4.69, 9.17) is 5.73 Å². The summed E-state index contributed by atoms with van der Waals surface area (Å²) >= 11 is 0. The second kappa shape index (κ2) is 5.02. The van der Waals surface area contributed by atoms with Gasteiger partial charge in [-0.15, -0.1) is 0 Å². The summed E-state index contributed by atoms with van der Waals surface area (Å²) in [5.74, 6) is 0. The molecule has 1 heterocycles. The Kier molecular flexibility index (Phi) is 3.40. The van der Waals surface area contributed by atoms with Crippen molar-refractivity contribution >= 4 is 0 Å². The molecule has 3 unspecified atom stereocenters. The van der Waals surface area contributed by atoms with E-state index in [1.165, 1.54) is 38.6 Å². The quantitative estimate of drug-likeness (QED) is 0.867. The first-order valence-corrected chi connectivity index (χ1v) is 7.36. The summed E-state index contributed by atoms with van der Waals surface area (Å²) in [7, 11) is 0. The lowest BCUT2D eigenvalue weighted by atomic mass is 9.93. The number of fused-ring (bicyclic) bond motifs is 1. The van der Waals surface area contributed by atoms with Crippen LogP contribution in [0.15, 0.2) is 24.3 Å². The molecule has 1 aliphatic heterocycles. The Hall–Kier alpha value is -0.860. The van der Waals surface area contributed by atoms with Gasteiger partial charge in [0.25, 0.3) is 0 Å². The molecule has 2 nitrogen and oxygen atoms in total. The number of piperidine rings is 1. The molecule has 0 spiro atoms. The molecule has 0 bridgehead atoms. The molecule has 2 aliphatic rings. The summed E-state index contributed by atoms with van der Waals surface area (Å²) in [5.41, 5.74) is 9.32. The van der Waals surface area contributed by atoms with Gasteiger partial charge in [0.05, 0.1) is 0 Å². The number of aryl methyl sites for hydroxylation is 1. The molecule has 1 aromatic carbocycles. The van der Waals surface area contributed by atoms with Gasteiger partial charge in [0, 0.05) is 18.1 Å². The highest BCUT2D eigenvalue weighted by Crippen LogP contribution is 2.39. The van der Waals surface area contributed by atoms with Gasteiger partial charge in [-0.3, -0.25) is 4.90 Å². The van der Waals surface area contributed by atoms with Crippen LogP contribution in [0.5, 0.6) is 0 Å². The summed E-state index contributed by atoms with van der Waals surface area (Å²) in [6.07, 6.45) is 6.47. The minimum atomic E-state index is 0.290. The molecule has 0 radical (unpaired) electrons. The van der Waals surface area contributed by atoms with Crippen LogP contribution in [0.1, 0.15) is 49.8 Å². The van der Waals surface area contributed by atoms with Crippen molar-refractivity contribution in [3.8, 4) is 0 Å².